The lowest BCUT2D eigenvalue weighted by atomic mass is 9.89. The Morgan fingerprint density at radius 2 is 1.94 bits per heavy atom. The fourth-order valence-electron chi connectivity index (χ4n) is 3.67. The van der Waals surface area contributed by atoms with Crippen molar-refractivity contribution in [2.75, 3.05) is 13.1 Å². The number of aromatic amines is 1. The number of fused-ring (bicyclic) bond motifs is 3. The van der Waals surface area contributed by atoms with Crippen LogP contribution in [0.25, 0.3) is 10.9 Å². The molecule has 0 atom stereocenters. The molecule has 2 nitrogen and oxygen atoms in total. The third-order valence-corrected chi connectivity index (χ3v) is 4.68. The van der Waals surface area contributed by atoms with Crippen LogP contribution in [0.4, 0.5) is 0 Å². The third-order valence-electron chi connectivity index (χ3n) is 4.68. The van der Waals surface area contributed by atoms with Crippen LogP contribution in [-0.4, -0.2) is 18.1 Å². The molecule has 1 saturated heterocycles. The Morgan fingerprint density at radius 3 is 2.83 bits per heavy atom. The van der Waals surface area contributed by atoms with Crippen LogP contribution < -0.4 is 5.32 Å². The molecule has 1 aliphatic carbocycles. The average Bonchev–Trinajstić information content (AvgIpc) is 2.99. The Labute approximate surface area is 108 Å². The van der Waals surface area contributed by atoms with E-state index in [0.29, 0.717) is 0 Å². The Morgan fingerprint density at radius 1 is 1.06 bits per heavy atom. The van der Waals surface area contributed by atoms with E-state index in [1.54, 1.807) is 11.1 Å². The summed E-state index contributed by atoms with van der Waals surface area (Å²) in [4.78, 5) is 3.59. The van der Waals surface area contributed by atoms with Crippen LogP contribution in [0.3, 0.4) is 0 Å². The lowest BCUT2D eigenvalue weighted by Crippen LogP contribution is -2.26. The molecule has 0 spiro atoms. The average molecular weight is 240 g/mol. The number of hydrogen-bond acceptors (Lipinski definition) is 1. The first-order chi connectivity index (χ1) is 8.92. The van der Waals surface area contributed by atoms with Crippen molar-refractivity contribution in [3.8, 4) is 0 Å². The normalized spacial score (nSPS) is 20.4. The molecule has 0 saturated carbocycles. The van der Waals surface area contributed by atoms with Gasteiger partial charge in [0.25, 0.3) is 0 Å². The highest BCUT2D eigenvalue weighted by Gasteiger charge is 2.19. The summed E-state index contributed by atoms with van der Waals surface area (Å²) in [7, 11) is 0. The topological polar surface area (TPSA) is 27.8 Å². The molecule has 94 valence electrons. The van der Waals surface area contributed by atoms with Crippen molar-refractivity contribution in [3.63, 3.8) is 0 Å². The van der Waals surface area contributed by atoms with Crippen LogP contribution in [0.15, 0.2) is 18.2 Å². The summed E-state index contributed by atoms with van der Waals surface area (Å²) in [5.74, 6) is 0.766. The van der Waals surface area contributed by atoms with Crippen LogP contribution >= 0.6 is 0 Å². The van der Waals surface area contributed by atoms with Crippen LogP contribution in [0.2, 0.25) is 0 Å². The second-order valence-corrected chi connectivity index (χ2v) is 5.76. The SMILES string of the molecule is c1cc2[nH]c3c(c2cc1C1CCNCC1)CCC3. The first-order valence-electron chi connectivity index (χ1n) is 7.26. The van der Waals surface area contributed by atoms with E-state index in [1.807, 2.05) is 0 Å². The quantitative estimate of drug-likeness (QED) is 0.787. The number of H-pyrrole nitrogens is 1. The lowest BCUT2D eigenvalue weighted by molar-refractivity contribution is 0.460. The first-order valence-corrected chi connectivity index (χ1v) is 7.26. The number of rotatable bonds is 1. The standard InChI is InChI=1S/C16H20N2/c1-2-13-14-10-12(11-6-8-17-9-7-11)4-5-16(14)18-15(13)3-1/h4-5,10-11,17-18H,1-3,6-9H2. The molecule has 2 aliphatic rings. The van der Waals surface area contributed by atoms with Gasteiger partial charge in [0.15, 0.2) is 0 Å². The highest BCUT2D eigenvalue weighted by Crippen LogP contribution is 2.33. The van der Waals surface area contributed by atoms with E-state index in [-0.39, 0.29) is 0 Å². The molecule has 0 radical (unpaired) electrons. The summed E-state index contributed by atoms with van der Waals surface area (Å²) in [6, 6.07) is 7.10. The highest BCUT2D eigenvalue weighted by atomic mass is 14.9. The number of hydrogen-bond donors (Lipinski definition) is 2. The molecule has 1 aromatic heterocycles. The molecule has 0 bridgehead atoms. The van der Waals surface area contributed by atoms with Crippen LogP contribution in [0, 0.1) is 0 Å². The van der Waals surface area contributed by atoms with Gasteiger partial charge in [0.05, 0.1) is 0 Å². The van der Waals surface area contributed by atoms with Gasteiger partial charge in [-0.15, -0.1) is 0 Å². The van der Waals surface area contributed by atoms with E-state index < -0.39 is 0 Å². The van der Waals surface area contributed by atoms with Crippen molar-refractivity contribution >= 4 is 10.9 Å². The predicted octanol–water partition coefficient (Wildman–Crippen LogP) is 3.12. The molecule has 1 aromatic carbocycles. The number of benzene rings is 1. The van der Waals surface area contributed by atoms with E-state index in [4.69, 9.17) is 0 Å². The Bertz CT molecular complexity index is 576. The van der Waals surface area contributed by atoms with E-state index in [1.165, 1.54) is 61.8 Å². The Kier molecular flexibility index (Phi) is 2.44. The molecule has 0 amide bonds. The van der Waals surface area contributed by atoms with E-state index >= 15 is 0 Å². The summed E-state index contributed by atoms with van der Waals surface area (Å²) in [6.07, 6.45) is 6.42. The van der Waals surface area contributed by atoms with Crippen molar-refractivity contribution in [1.29, 1.82) is 0 Å². The van der Waals surface area contributed by atoms with Crippen LogP contribution in [-0.2, 0) is 12.8 Å². The maximum Gasteiger partial charge on any atom is 0.0459 e. The minimum absolute atomic E-state index is 0.766. The van der Waals surface area contributed by atoms with Gasteiger partial charge >= 0.3 is 0 Å². The molecule has 18 heavy (non-hydrogen) atoms. The largest absolute Gasteiger partial charge is 0.358 e. The molecular weight excluding hydrogens is 220 g/mol. The molecule has 1 aliphatic heterocycles. The van der Waals surface area contributed by atoms with Crippen molar-refractivity contribution in [3.05, 3.63) is 35.0 Å². The van der Waals surface area contributed by atoms with Gasteiger partial charge in [-0.3, -0.25) is 0 Å². The summed E-state index contributed by atoms with van der Waals surface area (Å²) in [6.45, 7) is 2.35. The minimum Gasteiger partial charge on any atom is -0.358 e. The second-order valence-electron chi connectivity index (χ2n) is 5.76. The van der Waals surface area contributed by atoms with Gasteiger partial charge in [0.2, 0.25) is 0 Å². The zero-order valence-electron chi connectivity index (χ0n) is 10.8. The van der Waals surface area contributed by atoms with Crippen molar-refractivity contribution in [1.82, 2.24) is 10.3 Å². The zero-order valence-corrected chi connectivity index (χ0v) is 10.8. The fraction of sp³-hybridized carbons (Fsp3) is 0.500. The molecule has 4 rings (SSSR count). The smallest absolute Gasteiger partial charge is 0.0459 e. The molecule has 2 aromatic rings. The maximum absolute atomic E-state index is 3.59. The third kappa shape index (κ3) is 1.59. The molecule has 1 fully saturated rings. The first kappa shape index (κ1) is 10.6. The summed E-state index contributed by atoms with van der Waals surface area (Å²) in [5.41, 5.74) is 5.99. The van der Waals surface area contributed by atoms with Gasteiger partial charge in [-0.1, -0.05) is 6.07 Å². The monoisotopic (exact) mass is 240 g/mol. The second kappa shape index (κ2) is 4.13. The highest BCUT2D eigenvalue weighted by molar-refractivity contribution is 5.86. The Balaban J connectivity index is 1.78. The molecule has 2 heteroatoms. The van der Waals surface area contributed by atoms with Crippen LogP contribution in [0.5, 0.6) is 0 Å². The maximum atomic E-state index is 3.59. The van der Waals surface area contributed by atoms with Crippen molar-refractivity contribution < 1.29 is 0 Å². The zero-order chi connectivity index (χ0) is 11.9. The summed E-state index contributed by atoms with van der Waals surface area (Å²) < 4.78 is 0. The van der Waals surface area contributed by atoms with Gasteiger partial charge in [-0.05, 0) is 74.4 Å². The van der Waals surface area contributed by atoms with E-state index in [0.717, 1.165) is 5.92 Å². The van der Waals surface area contributed by atoms with Gasteiger partial charge in [0, 0.05) is 16.6 Å². The number of piperidine rings is 1. The van der Waals surface area contributed by atoms with Gasteiger partial charge in [-0.2, -0.15) is 0 Å². The van der Waals surface area contributed by atoms with Gasteiger partial charge in [-0.25, -0.2) is 0 Å². The summed E-state index contributed by atoms with van der Waals surface area (Å²) >= 11 is 0. The van der Waals surface area contributed by atoms with E-state index in [9.17, 15) is 0 Å². The summed E-state index contributed by atoms with van der Waals surface area (Å²) in [5, 5.41) is 4.95. The van der Waals surface area contributed by atoms with Crippen molar-refractivity contribution in [2.24, 2.45) is 0 Å². The molecule has 2 heterocycles. The lowest BCUT2D eigenvalue weighted by Gasteiger charge is -2.23. The van der Waals surface area contributed by atoms with Crippen LogP contribution in [0.1, 0.15) is 42.0 Å². The van der Waals surface area contributed by atoms with Gasteiger partial charge < -0.3 is 10.3 Å². The fourth-order valence-corrected chi connectivity index (χ4v) is 3.67. The van der Waals surface area contributed by atoms with Gasteiger partial charge in [0.1, 0.15) is 0 Å². The Hall–Kier alpha value is -1.28. The predicted molar refractivity (Wildman–Crippen MR) is 75.2 cm³/mol. The van der Waals surface area contributed by atoms with E-state index in [2.05, 4.69) is 28.5 Å². The number of aromatic nitrogens is 1. The molecule has 0 unspecified atom stereocenters. The minimum atomic E-state index is 0.766. The van der Waals surface area contributed by atoms with Crippen molar-refractivity contribution in [2.45, 2.75) is 38.0 Å². The number of nitrogens with one attached hydrogen (secondary N) is 2. The molecular formula is C16H20N2. The molecule has 2 N–H and O–H groups in total. The number of aryl methyl sites for hydroxylation is 2.